The second kappa shape index (κ2) is 9.39. The fraction of sp³-hybridized carbons (Fsp3) is 0.550. The molecule has 0 radical (unpaired) electrons. The normalized spacial score (nSPS) is 18.1. The number of urea groups is 1. The summed E-state index contributed by atoms with van der Waals surface area (Å²) < 4.78 is 5.17. The van der Waals surface area contributed by atoms with E-state index in [1.54, 1.807) is 4.90 Å². The summed E-state index contributed by atoms with van der Waals surface area (Å²) in [5.74, 6) is -0.834. The largest absolute Gasteiger partial charge is 0.455 e. The Morgan fingerprint density at radius 1 is 1.00 bits per heavy atom. The van der Waals surface area contributed by atoms with E-state index >= 15 is 0 Å². The zero-order valence-electron chi connectivity index (χ0n) is 15.5. The van der Waals surface area contributed by atoms with Crippen LogP contribution in [0.2, 0.25) is 0 Å². The Morgan fingerprint density at radius 2 is 1.67 bits per heavy atom. The van der Waals surface area contributed by atoms with Crippen LogP contribution in [0.15, 0.2) is 30.3 Å². The van der Waals surface area contributed by atoms with Gasteiger partial charge in [0.05, 0.1) is 5.92 Å². The molecule has 2 fully saturated rings. The van der Waals surface area contributed by atoms with Crippen molar-refractivity contribution < 1.29 is 19.1 Å². The van der Waals surface area contributed by atoms with Crippen molar-refractivity contribution in [2.45, 2.75) is 44.6 Å². The molecule has 0 aromatic heterocycles. The van der Waals surface area contributed by atoms with Gasteiger partial charge in [0.1, 0.15) is 0 Å². The van der Waals surface area contributed by atoms with Crippen LogP contribution in [0.3, 0.4) is 0 Å². The average molecular weight is 373 g/mol. The topological polar surface area (TPSA) is 87.7 Å². The van der Waals surface area contributed by atoms with E-state index in [-0.39, 0.29) is 36.5 Å². The maximum absolute atomic E-state index is 12.3. The lowest BCUT2D eigenvalue weighted by atomic mass is 9.97. The number of nitrogens with zero attached hydrogens (tertiary/aromatic N) is 1. The molecule has 7 nitrogen and oxygen atoms in total. The first-order chi connectivity index (χ1) is 13.1. The van der Waals surface area contributed by atoms with Gasteiger partial charge in [0.2, 0.25) is 0 Å². The van der Waals surface area contributed by atoms with Crippen molar-refractivity contribution in [2.24, 2.45) is 5.92 Å². The summed E-state index contributed by atoms with van der Waals surface area (Å²) in [7, 11) is 0. The van der Waals surface area contributed by atoms with E-state index in [2.05, 4.69) is 10.6 Å². The number of benzene rings is 1. The number of ether oxygens (including phenoxy) is 1. The Labute approximate surface area is 159 Å². The van der Waals surface area contributed by atoms with Gasteiger partial charge in [-0.05, 0) is 37.8 Å². The molecule has 0 bridgehead atoms. The third-order valence-corrected chi connectivity index (χ3v) is 5.21. The molecule has 2 aliphatic rings. The fourth-order valence-electron chi connectivity index (χ4n) is 3.64. The first-order valence-electron chi connectivity index (χ1n) is 9.69. The molecule has 1 heterocycles. The molecule has 0 atom stereocenters. The zero-order chi connectivity index (χ0) is 19.1. The molecule has 3 rings (SSSR count). The van der Waals surface area contributed by atoms with E-state index < -0.39 is 0 Å². The van der Waals surface area contributed by atoms with Gasteiger partial charge >= 0.3 is 12.0 Å². The quantitative estimate of drug-likeness (QED) is 0.777. The SMILES string of the molecule is O=C(COC(=O)C1CCN(C(=O)Nc2ccccc2)CC1)NC1CCCC1. The maximum Gasteiger partial charge on any atom is 0.321 e. The molecule has 3 amide bonds. The highest BCUT2D eigenvalue weighted by Crippen LogP contribution is 2.20. The molecule has 1 aromatic carbocycles. The summed E-state index contributed by atoms with van der Waals surface area (Å²) >= 11 is 0. The Kier molecular flexibility index (Phi) is 6.68. The molecule has 1 saturated carbocycles. The number of nitrogens with one attached hydrogen (secondary N) is 2. The van der Waals surface area contributed by atoms with Crippen LogP contribution in [-0.2, 0) is 14.3 Å². The number of para-hydroxylation sites is 1. The lowest BCUT2D eigenvalue weighted by Gasteiger charge is -2.30. The third-order valence-electron chi connectivity index (χ3n) is 5.21. The standard InChI is InChI=1S/C20H27N3O4/c24-18(21-16-8-4-5-9-16)14-27-19(25)15-10-12-23(13-11-15)20(26)22-17-6-2-1-3-7-17/h1-3,6-7,15-16H,4-5,8-14H2,(H,21,24)(H,22,26). The van der Waals surface area contributed by atoms with Gasteiger partial charge in [-0.2, -0.15) is 0 Å². The van der Waals surface area contributed by atoms with Crippen molar-refractivity contribution in [3.05, 3.63) is 30.3 Å². The minimum atomic E-state index is -0.348. The Morgan fingerprint density at radius 3 is 2.33 bits per heavy atom. The monoisotopic (exact) mass is 373 g/mol. The Balaban J connectivity index is 1.36. The second-order valence-corrected chi connectivity index (χ2v) is 7.21. The zero-order valence-corrected chi connectivity index (χ0v) is 15.5. The number of likely N-dealkylation sites (tertiary alicyclic amines) is 1. The summed E-state index contributed by atoms with van der Waals surface area (Å²) in [6.45, 7) is 0.767. The van der Waals surface area contributed by atoms with Gasteiger partial charge in [-0.3, -0.25) is 9.59 Å². The second-order valence-electron chi connectivity index (χ2n) is 7.21. The molecule has 1 aliphatic carbocycles. The lowest BCUT2D eigenvalue weighted by Crippen LogP contribution is -2.43. The first kappa shape index (κ1) is 19.2. The highest BCUT2D eigenvalue weighted by Gasteiger charge is 2.29. The predicted molar refractivity (Wildman–Crippen MR) is 101 cm³/mol. The van der Waals surface area contributed by atoms with Gasteiger partial charge in [-0.1, -0.05) is 31.0 Å². The van der Waals surface area contributed by atoms with E-state index in [0.29, 0.717) is 25.9 Å². The number of rotatable bonds is 5. The maximum atomic E-state index is 12.3. The van der Waals surface area contributed by atoms with Gasteiger partial charge in [0.25, 0.3) is 5.91 Å². The Bertz CT molecular complexity index is 650. The minimum absolute atomic E-state index is 0.163. The number of amides is 3. The molecule has 1 aromatic rings. The van der Waals surface area contributed by atoms with Crippen LogP contribution in [0.5, 0.6) is 0 Å². The summed E-state index contributed by atoms with van der Waals surface area (Å²) in [5, 5.41) is 5.75. The van der Waals surface area contributed by atoms with Crippen LogP contribution >= 0.6 is 0 Å². The summed E-state index contributed by atoms with van der Waals surface area (Å²) in [4.78, 5) is 38.0. The predicted octanol–water partition coefficient (Wildman–Crippen LogP) is 2.53. The first-order valence-corrected chi connectivity index (χ1v) is 9.69. The number of hydrogen-bond acceptors (Lipinski definition) is 4. The van der Waals surface area contributed by atoms with Crippen molar-refractivity contribution in [1.82, 2.24) is 10.2 Å². The van der Waals surface area contributed by atoms with Gasteiger partial charge in [0.15, 0.2) is 6.61 Å². The van der Waals surface area contributed by atoms with E-state index in [1.165, 1.54) is 0 Å². The van der Waals surface area contributed by atoms with Crippen LogP contribution in [0, 0.1) is 5.92 Å². The molecule has 0 spiro atoms. The highest BCUT2D eigenvalue weighted by atomic mass is 16.5. The van der Waals surface area contributed by atoms with Crippen LogP contribution in [-0.4, -0.2) is 48.5 Å². The highest BCUT2D eigenvalue weighted by molar-refractivity contribution is 5.89. The van der Waals surface area contributed by atoms with Gasteiger partial charge in [0, 0.05) is 24.8 Å². The molecule has 7 heteroatoms. The molecule has 27 heavy (non-hydrogen) atoms. The fourth-order valence-corrected chi connectivity index (χ4v) is 3.64. The van der Waals surface area contributed by atoms with Crippen molar-refractivity contribution in [3.8, 4) is 0 Å². The van der Waals surface area contributed by atoms with E-state index in [9.17, 15) is 14.4 Å². The van der Waals surface area contributed by atoms with E-state index in [4.69, 9.17) is 4.74 Å². The summed E-state index contributed by atoms with van der Waals surface area (Å²) in [6, 6.07) is 9.34. The van der Waals surface area contributed by atoms with Crippen molar-refractivity contribution >= 4 is 23.6 Å². The third kappa shape index (κ3) is 5.70. The van der Waals surface area contributed by atoms with E-state index in [1.807, 2.05) is 30.3 Å². The van der Waals surface area contributed by atoms with Crippen LogP contribution in [0.25, 0.3) is 0 Å². The molecule has 0 unspecified atom stereocenters. The van der Waals surface area contributed by atoms with Crippen molar-refractivity contribution in [1.29, 1.82) is 0 Å². The van der Waals surface area contributed by atoms with Crippen LogP contribution in [0.4, 0.5) is 10.5 Å². The van der Waals surface area contributed by atoms with Gasteiger partial charge < -0.3 is 20.3 Å². The number of carbonyl (C=O) groups excluding carboxylic acids is 3. The molecular formula is C20H27N3O4. The van der Waals surface area contributed by atoms with E-state index in [0.717, 1.165) is 31.4 Å². The van der Waals surface area contributed by atoms with Gasteiger partial charge in [-0.25, -0.2) is 4.79 Å². The summed E-state index contributed by atoms with van der Waals surface area (Å²) in [5.41, 5.74) is 0.748. The van der Waals surface area contributed by atoms with Crippen LogP contribution < -0.4 is 10.6 Å². The number of carbonyl (C=O) groups is 3. The number of piperidine rings is 1. The number of esters is 1. The average Bonchev–Trinajstić information content (AvgIpc) is 3.20. The van der Waals surface area contributed by atoms with Crippen molar-refractivity contribution in [3.63, 3.8) is 0 Å². The molecule has 1 aliphatic heterocycles. The minimum Gasteiger partial charge on any atom is -0.455 e. The summed E-state index contributed by atoms with van der Waals surface area (Å²) in [6.07, 6.45) is 5.38. The van der Waals surface area contributed by atoms with Crippen LogP contribution in [0.1, 0.15) is 38.5 Å². The smallest absolute Gasteiger partial charge is 0.321 e. The number of anilines is 1. The molecule has 1 saturated heterocycles. The van der Waals surface area contributed by atoms with Crippen molar-refractivity contribution in [2.75, 3.05) is 25.0 Å². The molecule has 146 valence electrons. The number of hydrogen-bond donors (Lipinski definition) is 2. The lowest BCUT2D eigenvalue weighted by molar-refractivity contribution is -0.154. The Hall–Kier alpha value is -2.57. The molecule has 2 N–H and O–H groups in total. The molecular weight excluding hydrogens is 346 g/mol. The van der Waals surface area contributed by atoms with Gasteiger partial charge in [-0.15, -0.1) is 0 Å².